The highest BCUT2D eigenvalue weighted by molar-refractivity contribution is 5.92. The first kappa shape index (κ1) is 8.00. The minimum absolute atomic E-state index is 0.0808. The molecule has 0 bridgehead atoms. The van der Waals surface area contributed by atoms with E-state index in [4.69, 9.17) is 0 Å². The third kappa shape index (κ3) is 2.19. The summed E-state index contributed by atoms with van der Waals surface area (Å²) < 4.78 is 13.8. The molecule has 0 radical (unpaired) electrons. The third-order valence-corrected chi connectivity index (χ3v) is 1.12. The highest BCUT2D eigenvalue weighted by Crippen LogP contribution is 2.07. The van der Waals surface area contributed by atoms with Gasteiger partial charge in [-0.1, -0.05) is 0 Å². The Labute approximate surface area is 63.2 Å². The van der Waals surface area contributed by atoms with Crippen molar-refractivity contribution >= 4 is 11.9 Å². The summed E-state index contributed by atoms with van der Waals surface area (Å²) in [5.74, 6) is -1.13. The van der Waals surface area contributed by atoms with Crippen LogP contribution in [0.1, 0.15) is 6.42 Å². The van der Waals surface area contributed by atoms with Gasteiger partial charge in [-0.3, -0.25) is 9.59 Å². The molecular formula is C6H8O5. The lowest BCUT2D eigenvalue weighted by Crippen LogP contribution is -2.35. The van der Waals surface area contributed by atoms with Gasteiger partial charge in [-0.25, -0.2) is 0 Å². The summed E-state index contributed by atoms with van der Waals surface area (Å²) in [5.41, 5.74) is 0. The molecule has 0 saturated carbocycles. The smallest absolute Gasteiger partial charge is 0.320 e. The second-order valence-electron chi connectivity index (χ2n) is 2.04. The molecule has 0 spiro atoms. The Morgan fingerprint density at radius 1 is 1.45 bits per heavy atom. The molecule has 0 N–H and O–H groups in total. The molecular weight excluding hydrogens is 152 g/mol. The Balaban J connectivity index is 2.43. The van der Waals surface area contributed by atoms with Crippen LogP contribution in [0.15, 0.2) is 0 Å². The average molecular weight is 160 g/mol. The van der Waals surface area contributed by atoms with E-state index in [2.05, 4.69) is 14.2 Å². The summed E-state index contributed by atoms with van der Waals surface area (Å²) in [6.07, 6.45) is -1.17. The number of hydrogen-bond acceptors (Lipinski definition) is 5. The van der Waals surface area contributed by atoms with Crippen LogP contribution >= 0.6 is 0 Å². The first-order valence-corrected chi connectivity index (χ1v) is 3.10. The maximum Gasteiger partial charge on any atom is 0.320 e. The normalized spacial score (nSPS) is 19.4. The van der Waals surface area contributed by atoms with Gasteiger partial charge in [0.15, 0.2) is 0 Å². The minimum atomic E-state index is -0.867. The topological polar surface area (TPSA) is 61.8 Å². The average Bonchev–Trinajstić information content (AvgIpc) is 1.85. The van der Waals surface area contributed by atoms with E-state index < -0.39 is 18.2 Å². The molecule has 1 saturated heterocycles. The molecule has 0 aromatic carbocycles. The first-order chi connectivity index (χ1) is 5.22. The van der Waals surface area contributed by atoms with Crippen molar-refractivity contribution < 1.29 is 23.8 Å². The highest BCUT2D eigenvalue weighted by atomic mass is 16.7. The second-order valence-corrected chi connectivity index (χ2v) is 2.04. The summed E-state index contributed by atoms with van der Waals surface area (Å²) in [6, 6.07) is 0. The molecule has 1 heterocycles. The van der Waals surface area contributed by atoms with E-state index in [0.29, 0.717) is 0 Å². The van der Waals surface area contributed by atoms with Crippen LogP contribution in [0.25, 0.3) is 0 Å². The van der Waals surface area contributed by atoms with Crippen molar-refractivity contribution in [3.63, 3.8) is 0 Å². The van der Waals surface area contributed by atoms with E-state index in [1.54, 1.807) is 0 Å². The summed E-state index contributed by atoms with van der Waals surface area (Å²) in [4.78, 5) is 21.2. The van der Waals surface area contributed by atoms with E-state index >= 15 is 0 Å². The van der Waals surface area contributed by atoms with Crippen molar-refractivity contribution in [2.45, 2.75) is 12.7 Å². The van der Waals surface area contributed by atoms with E-state index in [9.17, 15) is 9.59 Å². The highest BCUT2D eigenvalue weighted by Gasteiger charge is 2.27. The number of carbonyl (C=O) groups excluding carboxylic acids is 2. The first-order valence-electron chi connectivity index (χ1n) is 3.10. The van der Waals surface area contributed by atoms with Gasteiger partial charge in [0.1, 0.15) is 13.0 Å². The van der Waals surface area contributed by atoms with Gasteiger partial charge in [0.2, 0.25) is 0 Å². The zero-order valence-corrected chi connectivity index (χ0v) is 6.03. The quantitative estimate of drug-likeness (QED) is 0.400. The number of rotatable bonds is 2. The van der Waals surface area contributed by atoms with Crippen molar-refractivity contribution in [3.8, 4) is 0 Å². The maximum atomic E-state index is 10.6. The van der Waals surface area contributed by atoms with Crippen LogP contribution in [0.4, 0.5) is 0 Å². The van der Waals surface area contributed by atoms with Crippen molar-refractivity contribution in [2.24, 2.45) is 0 Å². The van der Waals surface area contributed by atoms with E-state index in [1.807, 2.05) is 0 Å². The molecule has 0 aliphatic carbocycles. The lowest BCUT2D eigenvalue weighted by atomic mass is 10.4. The lowest BCUT2D eigenvalue weighted by Gasteiger charge is -2.20. The summed E-state index contributed by atoms with van der Waals surface area (Å²) in [6.45, 7) is 0.0808. The third-order valence-electron chi connectivity index (χ3n) is 1.12. The predicted octanol–water partition coefficient (Wildman–Crippen LogP) is -0.551. The largest absolute Gasteiger partial charge is 0.422 e. The van der Waals surface area contributed by atoms with Crippen LogP contribution in [0.5, 0.6) is 0 Å². The van der Waals surface area contributed by atoms with Crippen LogP contribution in [0, 0.1) is 0 Å². The summed E-state index contributed by atoms with van der Waals surface area (Å²) >= 11 is 0. The van der Waals surface area contributed by atoms with Crippen LogP contribution in [0.3, 0.4) is 0 Å². The zero-order chi connectivity index (χ0) is 8.27. The maximum absolute atomic E-state index is 10.6. The van der Waals surface area contributed by atoms with Gasteiger partial charge in [0.25, 0.3) is 6.29 Å². The number of ether oxygens (including phenoxy) is 3. The van der Waals surface area contributed by atoms with E-state index in [-0.39, 0.29) is 13.0 Å². The molecule has 0 aromatic heterocycles. The van der Waals surface area contributed by atoms with Gasteiger partial charge in [0.05, 0.1) is 0 Å². The number of carbonyl (C=O) groups is 2. The molecule has 5 nitrogen and oxygen atoms in total. The fourth-order valence-electron chi connectivity index (χ4n) is 0.723. The molecule has 0 aromatic rings. The predicted molar refractivity (Wildman–Crippen MR) is 32.5 cm³/mol. The van der Waals surface area contributed by atoms with Crippen molar-refractivity contribution in [1.29, 1.82) is 0 Å². The van der Waals surface area contributed by atoms with Crippen LogP contribution in [0.2, 0.25) is 0 Å². The van der Waals surface area contributed by atoms with Gasteiger partial charge < -0.3 is 14.2 Å². The summed E-state index contributed by atoms with van der Waals surface area (Å²) in [7, 11) is 1.43. The van der Waals surface area contributed by atoms with Crippen LogP contribution in [-0.4, -0.2) is 31.9 Å². The zero-order valence-electron chi connectivity index (χ0n) is 6.03. The Kier molecular flexibility index (Phi) is 2.43. The van der Waals surface area contributed by atoms with Gasteiger partial charge >= 0.3 is 11.9 Å². The molecule has 1 fully saturated rings. The molecule has 1 rings (SSSR count). The molecule has 0 atom stereocenters. The fourth-order valence-corrected chi connectivity index (χ4v) is 0.723. The lowest BCUT2D eigenvalue weighted by molar-refractivity contribution is -0.210. The Morgan fingerprint density at radius 3 is 2.45 bits per heavy atom. The van der Waals surface area contributed by atoms with Crippen molar-refractivity contribution in [1.82, 2.24) is 0 Å². The van der Waals surface area contributed by atoms with E-state index in [0.717, 1.165) is 0 Å². The molecule has 0 amide bonds. The van der Waals surface area contributed by atoms with Gasteiger partial charge in [0, 0.05) is 7.11 Å². The number of cyclic esters (lactones) is 2. The van der Waals surface area contributed by atoms with Crippen LogP contribution in [-0.2, 0) is 23.8 Å². The Morgan fingerprint density at radius 2 is 2.00 bits per heavy atom. The Hall–Kier alpha value is -1.10. The SMILES string of the molecule is COCC1OC(=O)CC(=O)O1. The fraction of sp³-hybridized carbons (Fsp3) is 0.667. The van der Waals surface area contributed by atoms with E-state index in [1.165, 1.54) is 7.11 Å². The van der Waals surface area contributed by atoms with Gasteiger partial charge in [-0.05, 0) is 0 Å². The molecule has 62 valence electrons. The molecule has 1 aliphatic heterocycles. The van der Waals surface area contributed by atoms with Gasteiger partial charge in [-0.15, -0.1) is 0 Å². The molecule has 0 unspecified atom stereocenters. The minimum Gasteiger partial charge on any atom is -0.422 e. The standard InChI is InChI=1S/C6H8O5/c1-9-3-6-10-4(7)2-5(8)11-6/h6H,2-3H2,1H3. The Bertz CT molecular complexity index is 160. The molecule has 11 heavy (non-hydrogen) atoms. The monoisotopic (exact) mass is 160 g/mol. The van der Waals surface area contributed by atoms with Crippen molar-refractivity contribution in [2.75, 3.05) is 13.7 Å². The molecule has 1 aliphatic rings. The number of hydrogen-bond donors (Lipinski definition) is 0. The summed E-state index contributed by atoms with van der Waals surface area (Å²) in [5, 5.41) is 0. The van der Waals surface area contributed by atoms with Crippen LogP contribution < -0.4 is 0 Å². The number of methoxy groups -OCH3 is 1. The number of esters is 2. The van der Waals surface area contributed by atoms with Gasteiger partial charge in [-0.2, -0.15) is 0 Å². The second kappa shape index (κ2) is 3.34. The molecule has 5 heteroatoms. The van der Waals surface area contributed by atoms with Crippen molar-refractivity contribution in [3.05, 3.63) is 0 Å².